The summed E-state index contributed by atoms with van der Waals surface area (Å²) in [6.07, 6.45) is 1.35. The van der Waals surface area contributed by atoms with Crippen LogP contribution in [0.25, 0.3) is 6.08 Å². The Labute approximate surface area is 239 Å². The van der Waals surface area contributed by atoms with Crippen LogP contribution in [-0.2, 0) is 14.4 Å². The van der Waals surface area contributed by atoms with E-state index in [2.05, 4.69) is 42.5 Å². The summed E-state index contributed by atoms with van der Waals surface area (Å²) >= 11 is 12.6. The molecule has 1 heterocycles. The van der Waals surface area contributed by atoms with E-state index in [-0.39, 0.29) is 23.8 Å². The summed E-state index contributed by atoms with van der Waals surface area (Å²) < 4.78 is 11.7. The minimum absolute atomic E-state index is 0.241. The van der Waals surface area contributed by atoms with Crippen molar-refractivity contribution in [2.45, 2.75) is 0 Å². The molecule has 12 heteroatoms. The number of methoxy groups -OCH3 is 1. The average molecular weight is 664 g/mol. The number of rotatable bonds is 7. The number of urea groups is 1. The van der Waals surface area contributed by atoms with E-state index < -0.39 is 17.8 Å². The van der Waals surface area contributed by atoms with E-state index in [0.717, 1.165) is 4.90 Å². The summed E-state index contributed by atoms with van der Waals surface area (Å²) in [6.45, 7) is -0.278. The summed E-state index contributed by atoms with van der Waals surface area (Å²) in [5.41, 5.74) is 1.06. The highest BCUT2D eigenvalue weighted by Crippen LogP contribution is 2.36. The van der Waals surface area contributed by atoms with Crippen molar-refractivity contribution in [3.8, 4) is 11.5 Å². The van der Waals surface area contributed by atoms with Gasteiger partial charge in [0.05, 0.1) is 21.7 Å². The van der Waals surface area contributed by atoms with E-state index in [1.165, 1.54) is 25.3 Å². The van der Waals surface area contributed by atoms with Gasteiger partial charge in [-0.25, -0.2) is 9.69 Å². The Hall–Kier alpha value is -3.67. The van der Waals surface area contributed by atoms with E-state index in [1.807, 2.05) is 0 Å². The molecule has 38 heavy (non-hydrogen) atoms. The molecule has 0 radical (unpaired) electrons. The number of amides is 5. The molecule has 1 aliphatic rings. The van der Waals surface area contributed by atoms with Crippen LogP contribution in [0.4, 0.5) is 16.2 Å². The maximum absolute atomic E-state index is 13.1. The number of halogens is 3. The van der Waals surface area contributed by atoms with Gasteiger partial charge < -0.3 is 14.8 Å². The summed E-state index contributed by atoms with van der Waals surface area (Å²) in [4.78, 5) is 51.2. The smallest absolute Gasteiger partial charge is 0.335 e. The van der Waals surface area contributed by atoms with Gasteiger partial charge in [0, 0.05) is 10.7 Å². The third-order valence-electron chi connectivity index (χ3n) is 5.24. The Bertz CT molecular complexity index is 1440. The lowest BCUT2D eigenvalue weighted by atomic mass is 10.1. The molecule has 0 spiro atoms. The molecule has 4 rings (SSSR count). The van der Waals surface area contributed by atoms with Gasteiger partial charge >= 0.3 is 6.03 Å². The predicted molar refractivity (Wildman–Crippen MR) is 149 cm³/mol. The molecule has 3 aromatic carbocycles. The maximum Gasteiger partial charge on any atom is 0.335 e. The minimum Gasteiger partial charge on any atom is -0.497 e. The molecule has 5 amide bonds. The number of nitrogens with zero attached hydrogens (tertiary/aromatic N) is 1. The average Bonchev–Trinajstić information content (AvgIpc) is 2.87. The topological polar surface area (TPSA) is 114 Å². The van der Waals surface area contributed by atoms with Gasteiger partial charge in [-0.15, -0.1) is 0 Å². The number of anilines is 2. The molecule has 2 N–H and O–H groups in total. The van der Waals surface area contributed by atoms with Crippen LogP contribution in [0.2, 0.25) is 5.02 Å². The second kappa shape index (κ2) is 11.8. The van der Waals surface area contributed by atoms with Crippen LogP contribution in [0.3, 0.4) is 0 Å². The van der Waals surface area contributed by atoms with E-state index >= 15 is 0 Å². The molecule has 0 bridgehead atoms. The Morgan fingerprint density at radius 3 is 2.26 bits per heavy atom. The number of ether oxygens (including phenoxy) is 2. The molecular formula is C26H18Br2ClN3O6. The second-order valence-corrected chi connectivity index (χ2v) is 9.96. The van der Waals surface area contributed by atoms with E-state index in [0.29, 0.717) is 36.7 Å². The zero-order chi connectivity index (χ0) is 27.4. The highest BCUT2D eigenvalue weighted by molar-refractivity contribution is 9.11. The Morgan fingerprint density at radius 1 is 1.03 bits per heavy atom. The third-order valence-corrected chi connectivity index (χ3v) is 6.67. The zero-order valence-corrected chi connectivity index (χ0v) is 23.5. The van der Waals surface area contributed by atoms with Crippen molar-refractivity contribution in [2.24, 2.45) is 0 Å². The van der Waals surface area contributed by atoms with Crippen molar-refractivity contribution < 1.29 is 28.7 Å². The second-order valence-electron chi connectivity index (χ2n) is 7.81. The number of nitrogens with one attached hydrogen (secondary N) is 2. The van der Waals surface area contributed by atoms with Crippen molar-refractivity contribution >= 4 is 84.7 Å². The van der Waals surface area contributed by atoms with Crippen LogP contribution < -0.4 is 25.0 Å². The molecule has 0 aliphatic carbocycles. The van der Waals surface area contributed by atoms with Crippen molar-refractivity contribution in [3.05, 3.63) is 85.8 Å². The molecule has 1 fully saturated rings. The number of hydrogen-bond donors (Lipinski definition) is 2. The first-order valence-electron chi connectivity index (χ1n) is 10.9. The monoisotopic (exact) mass is 661 g/mol. The van der Waals surface area contributed by atoms with Crippen LogP contribution in [-0.4, -0.2) is 37.5 Å². The molecule has 1 aliphatic heterocycles. The fourth-order valence-corrected chi connectivity index (χ4v) is 5.04. The number of carbonyl (C=O) groups is 4. The quantitative estimate of drug-likeness (QED) is 0.253. The van der Waals surface area contributed by atoms with Crippen LogP contribution in [0.15, 0.2) is 75.2 Å². The van der Waals surface area contributed by atoms with Gasteiger partial charge in [-0.1, -0.05) is 11.6 Å². The van der Waals surface area contributed by atoms with Crippen LogP contribution in [0.1, 0.15) is 5.56 Å². The van der Waals surface area contributed by atoms with Crippen LogP contribution >= 0.6 is 43.5 Å². The van der Waals surface area contributed by atoms with Crippen LogP contribution in [0.5, 0.6) is 11.5 Å². The predicted octanol–water partition coefficient (Wildman–Crippen LogP) is 5.56. The highest BCUT2D eigenvalue weighted by atomic mass is 79.9. The van der Waals surface area contributed by atoms with Gasteiger partial charge in [0.15, 0.2) is 6.61 Å². The van der Waals surface area contributed by atoms with Crippen LogP contribution in [0, 0.1) is 0 Å². The molecular weight excluding hydrogens is 646 g/mol. The molecule has 0 aromatic heterocycles. The summed E-state index contributed by atoms with van der Waals surface area (Å²) in [5, 5.41) is 5.43. The van der Waals surface area contributed by atoms with E-state index in [1.54, 1.807) is 48.5 Å². The Kier molecular flexibility index (Phi) is 8.50. The summed E-state index contributed by atoms with van der Waals surface area (Å²) in [7, 11) is 1.50. The fraction of sp³-hybridized carbons (Fsp3) is 0.0769. The van der Waals surface area contributed by atoms with Crippen molar-refractivity contribution in [1.29, 1.82) is 0 Å². The zero-order valence-electron chi connectivity index (χ0n) is 19.6. The van der Waals surface area contributed by atoms with Gasteiger partial charge in [-0.3, -0.25) is 19.7 Å². The standard InChI is InChI=1S/C26H18Br2ClN3O6/c1-37-18-8-6-17(7-9-18)32-25(35)19(24(34)31-26(32)36)10-14-11-20(27)23(21(28)12-14)38-13-22(33)30-16-4-2-15(29)3-5-16/h2-12H,13H2,1H3,(H,30,33)(H,31,34,36)/b19-10+. The Morgan fingerprint density at radius 2 is 1.66 bits per heavy atom. The summed E-state index contributed by atoms with van der Waals surface area (Å²) in [5.74, 6) is -1.10. The minimum atomic E-state index is -0.856. The number of hydrogen-bond acceptors (Lipinski definition) is 6. The third kappa shape index (κ3) is 6.24. The molecule has 0 saturated carbocycles. The lowest BCUT2D eigenvalue weighted by molar-refractivity contribution is -0.122. The van der Waals surface area contributed by atoms with Gasteiger partial charge in [0.2, 0.25) is 0 Å². The molecule has 0 unspecified atom stereocenters. The van der Waals surface area contributed by atoms with Gasteiger partial charge in [0.25, 0.3) is 17.7 Å². The number of carbonyl (C=O) groups excluding carboxylic acids is 4. The van der Waals surface area contributed by atoms with Crippen molar-refractivity contribution in [3.63, 3.8) is 0 Å². The Balaban J connectivity index is 1.51. The lowest BCUT2D eigenvalue weighted by Gasteiger charge is -2.26. The van der Waals surface area contributed by atoms with Gasteiger partial charge in [0.1, 0.15) is 17.1 Å². The van der Waals surface area contributed by atoms with Gasteiger partial charge in [-0.2, -0.15) is 0 Å². The lowest BCUT2D eigenvalue weighted by Crippen LogP contribution is -2.54. The van der Waals surface area contributed by atoms with E-state index in [4.69, 9.17) is 21.1 Å². The number of imide groups is 2. The summed E-state index contributed by atoms with van der Waals surface area (Å²) in [6, 6.07) is 15.3. The SMILES string of the molecule is COc1ccc(N2C(=O)NC(=O)/C(=C\c3cc(Br)c(OCC(=O)Nc4ccc(Cl)cc4)c(Br)c3)C2=O)cc1. The molecule has 1 saturated heterocycles. The number of benzene rings is 3. The van der Waals surface area contributed by atoms with E-state index in [9.17, 15) is 19.2 Å². The molecule has 9 nitrogen and oxygen atoms in total. The van der Waals surface area contributed by atoms with Crippen molar-refractivity contribution in [2.75, 3.05) is 23.9 Å². The first kappa shape index (κ1) is 27.4. The van der Waals surface area contributed by atoms with Gasteiger partial charge in [-0.05, 0) is 104 Å². The normalized spacial score (nSPS) is 14.4. The van der Waals surface area contributed by atoms with Crippen molar-refractivity contribution in [1.82, 2.24) is 5.32 Å². The fourth-order valence-electron chi connectivity index (χ4n) is 3.46. The molecule has 3 aromatic rings. The maximum atomic E-state index is 13.1. The number of barbiturate groups is 1. The highest BCUT2D eigenvalue weighted by Gasteiger charge is 2.36. The molecule has 0 atom stereocenters. The largest absolute Gasteiger partial charge is 0.497 e. The first-order chi connectivity index (χ1) is 18.2. The first-order valence-corrected chi connectivity index (χ1v) is 12.9. The molecule has 194 valence electrons.